The smallest absolute Gasteiger partial charge is 0.0926 e. The van der Waals surface area contributed by atoms with Gasteiger partial charge in [0.2, 0.25) is 0 Å². The number of rotatable bonds is 5. The van der Waals surface area contributed by atoms with Gasteiger partial charge in [0.1, 0.15) is 0 Å². The number of hydrogen-bond acceptors (Lipinski definition) is 5. The van der Waals surface area contributed by atoms with Crippen LogP contribution >= 0.6 is 22.7 Å². The second-order valence-corrected chi connectivity index (χ2v) is 5.07. The molecule has 80 valence electrons. The largest absolute Gasteiger partial charge is 0.306 e. The molecule has 0 saturated heterocycles. The van der Waals surface area contributed by atoms with E-state index in [0.717, 1.165) is 25.2 Å². The normalized spacial score (nSPS) is 10.7. The molecule has 0 atom stereocenters. The van der Waals surface area contributed by atoms with Crippen molar-refractivity contribution in [3.63, 3.8) is 0 Å². The first kappa shape index (κ1) is 10.7. The van der Waals surface area contributed by atoms with Crippen LogP contribution in [0.5, 0.6) is 0 Å². The van der Waals surface area contributed by atoms with E-state index in [4.69, 9.17) is 0 Å². The van der Waals surface area contributed by atoms with E-state index >= 15 is 0 Å². The molecule has 0 saturated carbocycles. The van der Waals surface area contributed by atoms with Gasteiger partial charge in [-0.2, -0.15) is 0 Å². The molecule has 2 heterocycles. The average molecular weight is 239 g/mol. The SMILES string of the molecule is CCc1nc(CNCc2cncs2)cs1. The molecule has 0 unspecified atom stereocenters. The maximum Gasteiger partial charge on any atom is 0.0926 e. The Balaban J connectivity index is 1.78. The lowest BCUT2D eigenvalue weighted by atomic mass is 10.4. The van der Waals surface area contributed by atoms with Crippen LogP contribution in [0.15, 0.2) is 17.1 Å². The highest BCUT2D eigenvalue weighted by molar-refractivity contribution is 7.09. The maximum atomic E-state index is 4.49. The summed E-state index contributed by atoms with van der Waals surface area (Å²) in [7, 11) is 0. The highest BCUT2D eigenvalue weighted by Gasteiger charge is 2.00. The quantitative estimate of drug-likeness (QED) is 0.871. The van der Waals surface area contributed by atoms with Crippen molar-refractivity contribution in [1.29, 1.82) is 0 Å². The Hall–Kier alpha value is -0.780. The molecule has 2 aromatic heterocycles. The van der Waals surface area contributed by atoms with Gasteiger partial charge in [-0.25, -0.2) is 4.98 Å². The molecule has 0 radical (unpaired) electrons. The second-order valence-electron chi connectivity index (χ2n) is 3.16. The van der Waals surface area contributed by atoms with E-state index in [1.165, 1.54) is 9.88 Å². The lowest BCUT2D eigenvalue weighted by Crippen LogP contribution is -2.11. The lowest BCUT2D eigenvalue weighted by molar-refractivity contribution is 0.687. The number of aryl methyl sites for hydroxylation is 1. The fourth-order valence-corrected chi connectivity index (χ4v) is 2.54. The molecule has 1 N–H and O–H groups in total. The van der Waals surface area contributed by atoms with E-state index < -0.39 is 0 Å². The van der Waals surface area contributed by atoms with Crippen LogP contribution in [0.2, 0.25) is 0 Å². The predicted octanol–water partition coefficient (Wildman–Crippen LogP) is 2.45. The van der Waals surface area contributed by atoms with Crippen molar-refractivity contribution in [3.8, 4) is 0 Å². The number of nitrogens with zero attached hydrogens (tertiary/aromatic N) is 2. The van der Waals surface area contributed by atoms with Crippen LogP contribution < -0.4 is 5.32 Å². The van der Waals surface area contributed by atoms with Gasteiger partial charge in [0.05, 0.1) is 16.2 Å². The number of nitrogens with one attached hydrogen (secondary N) is 1. The predicted molar refractivity (Wildman–Crippen MR) is 64.1 cm³/mol. The molecule has 2 rings (SSSR count). The summed E-state index contributed by atoms with van der Waals surface area (Å²) in [6.45, 7) is 3.85. The molecule has 2 aromatic rings. The van der Waals surface area contributed by atoms with Gasteiger partial charge in [0, 0.05) is 29.5 Å². The molecule has 0 bridgehead atoms. The summed E-state index contributed by atoms with van der Waals surface area (Å²) in [5.74, 6) is 0. The fourth-order valence-electron chi connectivity index (χ4n) is 1.24. The van der Waals surface area contributed by atoms with Crippen molar-refractivity contribution in [2.24, 2.45) is 0 Å². The molecule has 0 spiro atoms. The van der Waals surface area contributed by atoms with Gasteiger partial charge in [-0.3, -0.25) is 4.98 Å². The van der Waals surface area contributed by atoms with Gasteiger partial charge in [-0.1, -0.05) is 6.92 Å². The van der Waals surface area contributed by atoms with Crippen LogP contribution in [0.3, 0.4) is 0 Å². The van der Waals surface area contributed by atoms with Crippen molar-refractivity contribution in [2.45, 2.75) is 26.4 Å². The van der Waals surface area contributed by atoms with Gasteiger partial charge >= 0.3 is 0 Å². The first-order valence-electron chi connectivity index (χ1n) is 4.90. The summed E-state index contributed by atoms with van der Waals surface area (Å²) < 4.78 is 0. The van der Waals surface area contributed by atoms with E-state index in [1.807, 2.05) is 11.7 Å². The van der Waals surface area contributed by atoms with Crippen molar-refractivity contribution in [3.05, 3.63) is 32.7 Å². The van der Waals surface area contributed by atoms with Gasteiger partial charge in [-0.15, -0.1) is 22.7 Å². The fraction of sp³-hybridized carbons (Fsp3) is 0.400. The molecular weight excluding hydrogens is 226 g/mol. The van der Waals surface area contributed by atoms with E-state index in [1.54, 1.807) is 22.7 Å². The Morgan fingerprint density at radius 3 is 2.93 bits per heavy atom. The number of hydrogen-bond donors (Lipinski definition) is 1. The van der Waals surface area contributed by atoms with Crippen molar-refractivity contribution >= 4 is 22.7 Å². The molecule has 15 heavy (non-hydrogen) atoms. The molecule has 0 fully saturated rings. The molecule has 0 aliphatic carbocycles. The Morgan fingerprint density at radius 1 is 1.33 bits per heavy atom. The minimum absolute atomic E-state index is 0.842. The highest BCUT2D eigenvalue weighted by atomic mass is 32.1. The van der Waals surface area contributed by atoms with Gasteiger partial charge in [0.15, 0.2) is 0 Å². The monoisotopic (exact) mass is 239 g/mol. The zero-order valence-corrected chi connectivity index (χ0v) is 10.2. The minimum Gasteiger partial charge on any atom is -0.306 e. The summed E-state index contributed by atoms with van der Waals surface area (Å²) in [6.07, 6.45) is 2.93. The van der Waals surface area contributed by atoms with Crippen LogP contribution in [0, 0.1) is 0 Å². The average Bonchev–Trinajstić information content (AvgIpc) is 2.88. The van der Waals surface area contributed by atoms with Crippen LogP contribution in [0.25, 0.3) is 0 Å². The Morgan fingerprint density at radius 2 is 2.27 bits per heavy atom. The third-order valence-corrected chi connectivity index (χ3v) is 3.81. The van der Waals surface area contributed by atoms with Crippen molar-refractivity contribution < 1.29 is 0 Å². The van der Waals surface area contributed by atoms with Crippen LogP contribution in [0.4, 0.5) is 0 Å². The Labute approximate surface area is 97.2 Å². The molecule has 0 amide bonds. The molecule has 0 aliphatic rings. The summed E-state index contributed by atoms with van der Waals surface area (Å²) in [6, 6.07) is 0. The molecule has 3 nitrogen and oxygen atoms in total. The topological polar surface area (TPSA) is 37.8 Å². The summed E-state index contributed by atoms with van der Waals surface area (Å²) in [5.41, 5.74) is 3.00. The third-order valence-electron chi connectivity index (χ3n) is 1.99. The summed E-state index contributed by atoms with van der Waals surface area (Å²) in [4.78, 5) is 9.79. The lowest BCUT2D eigenvalue weighted by Gasteiger charge is -1.98. The molecule has 0 aliphatic heterocycles. The van der Waals surface area contributed by atoms with Crippen LogP contribution in [0.1, 0.15) is 22.5 Å². The second kappa shape index (κ2) is 5.34. The van der Waals surface area contributed by atoms with E-state index in [9.17, 15) is 0 Å². The Bertz CT molecular complexity index is 394. The van der Waals surface area contributed by atoms with E-state index in [0.29, 0.717) is 0 Å². The highest BCUT2D eigenvalue weighted by Crippen LogP contribution is 2.10. The first-order valence-corrected chi connectivity index (χ1v) is 6.65. The number of aromatic nitrogens is 2. The molecular formula is C10H13N3S2. The summed E-state index contributed by atoms with van der Waals surface area (Å²) >= 11 is 3.41. The molecule has 5 heteroatoms. The zero-order chi connectivity index (χ0) is 10.5. The van der Waals surface area contributed by atoms with Gasteiger partial charge in [-0.05, 0) is 6.42 Å². The van der Waals surface area contributed by atoms with Crippen molar-refractivity contribution in [2.75, 3.05) is 0 Å². The van der Waals surface area contributed by atoms with Crippen LogP contribution in [-0.2, 0) is 19.5 Å². The molecule has 0 aromatic carbocycles. The first-order chi connectivity index (χ1) is 7.38. The van der Waals surface area contributed by atoms with Crippen LogP contribution in [-0.4, -0.2) is 9.97 Å². The maximum absolute atomic E-state index is 4.49. The summed E-state index contributed by atoms with van der Waals surface area (Å²) in [5, 5.41) is 6.69. The van der Waals surface area contributed by atoms with E-state index in [2.05, 4.69) is 27.6 Å². The zero-order valence-electron chi connectivity index (χ0n) is 8.56. The minimum atomic E-state index is 0.842. The Kier molecular flexibility index (Phi) is 3.82. The third kappa shape index (κ3) is 3.09. The van der Waals surface area contributed by atoms with Crippen molar-refractivity contribution in [1.82, 2.24) is 15.3 Å². The number of thiazole rings is 2. The van der Waals surface area contributed by atoms with E-state index in [-0.39, 0.29) is 0 Å². The van der Waals surface area contributed by atoms with Gasteiger partial charge < -0.3 is 5.32 Å². The van der Waals surface area contributed by atoms with Gasteiger partial charge in [0.25, 0.3) is 0 Å². The standard InChI is InChI=1S/C10H13N3S2/c1-2-10-13-8(6-14-10)3-11-4-9-5-12-7-15-9/h5-7,11H,2-4H2,1H3.